The van der Waals surface area contributed by atoms with Crippen molar-refractivity contribution in [2.45, 2.75) is 19.8 Å². The van der Waals surface area contributed by atoms with Gasteiger partial charge in [-0.05, 0) is 43.0 Å². The first-order valence-corrected chi connectivity index (χ1v) is 8.75. The Morgan fingerprint density at radius 3 is 2.79 bits per heavy atom. The van der Waals surface area contributed by atoms with Gasteiger partial charge in [-0.15, -0.1) is 0 Å². The lowest BCUT2D eigenvalue weighted by atomic mass is 10.00. The van der Waals surface area contributed by atoms with E-state index in [4.69, 9.17) is 23.2 Å². The van der Waals surface area contributed by atoms with Crippen LogP contribution in [0.3, 0.4) is 0 Å². The summed E-state index contributed by atoms with van der Waals surface area (Å²) in [5.41, 5.74) is 2.13. The van der Waals surface area contributed by atoms with Crippen LogP contribution in [0.5, 0.6) is 0 Å². The van der Waals surface area contributed by atoms with E-state index < -0.39 is 0 Å². The van der Waals surface area contributed by atoms with Gasteiger partial charge < -0.3 is 10.2 Å². The Kier molecular flexibility index (Phi) is 5.27. The van der Waals surface area contributed by atoms with Gasteiger partial charge in [-0.2, -0.15) is 0 Å². The number of nitrogens with zero attached hydrogens (tertiary/aromatic N) is 2. The van der Waals surface area contributed by atoms with Crippen LogP contribution in [0, 0.1) is 5.92 Å². The lowest BCUT2D eigenvalue weighted by Gasteiger charge is -2.31. The minimum atomic E-state index is 0.0341. The van der Waals surface area contributed by atoms with Crippen LogP contribution < -0.4 is 5.32 Å². The van der Waals surface area contributed by atoms with Crippen molar-refractivity contribution in [1.29, 1.82) is 0 Å². The first-order valence-electron chi connectivity index (χ1n) is 7.99. The number of anilines is 2. The molecular formula is C18H19Cl2N3O. The standard InChI is InChI=1S/C18H19Cl2N3O/c1-12-3-2-6-23(11-12)18(24)13-7-15(10-21-9-13)22-14-4-5-16(19)17(20)8-14/h4-5,7-10,12,22H,2-3,6,11H2,1H3. The number of carbonyl (C=O) groups excluding carboxylic acids is 1. The Balaban J connectivity index is 1.76. The highest BCUT2D eigenvalue weighted by atomic mass is 35.5. The van der Waals surface area contributed by atoms with E-state index in [1.807, 2.05) is 17.0 Å². The molecule has 0 aliphatic carbocycles. The Morgan fingerprint density at radius 1 is 1.21 bits per heavy atom. The average Bonchev–Trinajstić information content (AvgIpc) is 2.58. The summed E-state index contributed by atoms with van der Waals surface area (Å²) in [6.45, 7) is 3.80. The van der Waals surface area contributed by atoms with Gasteiger partial charge in [0.25, 0.3) is 5.91 Å². The third-order valence-corrected chi connectivity index (χ3v) is 4.88. The lowest BCUT2D eigenvalue weighted by molar-refractivity contribution is 0.0682. The summed E-state index contributed by atoms with van der Waals surface area (Å²) in [5.74, 6) is 0.583. The Hall–Kier alpha value is -1.78. The van der Waals surface area contributed by atoms with Crippen molar-refractivity contribution in [3.05, 3.63) is 52.3 Å². The van der Waals surface area contributed by atoms with Gasteiger partial charge in [-0.1, -0.05) is 30.1 Å². The van der Waals surface area contributed by atoms with Crippen molar-refractivity contribution in [1.82, 2.24) is 9.88 Å². The van der Waals surface area contributed by atoms with Crippen LogP contribution in [0.25, 0.3) is 0 Å². The molecule has 1 aromatic heterocycles. The number of piperidine rings is 1. The van der Waals surface area contributed by atoms with E-state index in [9.17, 15) is 4.79 Å². The van der Waals surface area contributed by atoms with Gasteiger partial charge in [-0.3, -0.25) is 9.78 Å². The van der Waals surface area contributed by atoms with E-state index in [0.717, 1.165) is 30.9 Å². The van der Waals surface area contributed by atoms with Crippen LogP contribution >= 0.6 is 23.2 Å². The fourth-order valence-corrected chi connectivity index (χ4v) is 3.22. The summed E-state index contributed by atoms with van der Waals surface area (Å²) in [4.78, 5) is 18.8. The summed E-state index contributed by atoms with van der Waals surface area (Å²) in [5, 5.41) is 4.18. The van der Waals surface area contributed by atoms with Crippen molar-refractivity contribution in [2.24, 2.45) is 5.92 Å². The van der Waals surface area contributed by atoms with Crippen molar-refractivity contribution in [3.63, 3.8) is 0 Å². The Morgan fingerprint density at radius 2 is 2.04 bits per heavy atom. The molecule has 3 rings (SSSR count). The molecule has 0 bridgehead atoms. The second-order valence-electron chi connectivity index (χ2n) is 6.21. The summed E-state index contributed by atoms with van der Waals surface area (Å²) in [6.07, 6.45) is 5.53. The third kappa shape index (κ3) is 4.00. The van der Waals surface area contributed by atoms with E-state index in [-0.39, 0.29) is 5.91 Å². The number of hydrogen-bond donors (Lipinski definition) is 1. The molecule has 4 nitrogen and oxygen atoms in total. The number of pyridine rings is 1. The van der Waals surface area contributed by atoms with Crippen LogP contribution in [0.1, 0.15) is 30.1 Å². The van der Waals surface area contributed by atoms with E-state index in [1.54, 1.807) is 24.5 Å². The highest BCUT2D eigenvalue weighted by Gasteiger charge is 2.22. The van der Waals surface area contributed by atoms with Crippen LogP contribution in [-0.4, -0.2) is 28.9 Å². The van der Waals surface area contributed by atoms with E-state index in [2.05, 4.69) is 17.2 Å². The number of nitrogens with one attached hydrogen (secondary N) is 1. The summed E-state index contributed by atoms with van der Waals surface area (Å²) < 4.78 is 0. The predicted octanol–water partition coefficient (Wildman–Crippen LogP) is 5.00. The van der Waals surface area contributed by atoms with Gasteiger partial charge in [0.1, 0.15) is 0 Å². The van der Waals surface area contributed by atoms with Crippen LogP contribution in [0.4, 0.5) is 11.4 Å². The highest BCUT2D eigenvalue weighted by Crippen LogP contribution is 2.27. The zero-order valence-corrected chi connectivity index (χ0v) is 14.9. The molecule has 6 heteroatoms. The van der Waals surface area contributed by atoms with Gasteiger partial charge in [-0.25, -0.2) is 0 Å². The molecule has 1 aliphatic heterocycles. The molecule has 0 radical (unpaired) electrons. The molecule has 1 fully saturated rings. The number of halogens is 2. The topological polar surface area (TPSA) is 45.2 Å². The zero-order chi connectivity index (χ0) is 17.1. The van der Waals surface area contributed by atoms with Crippen LogP contribution in [0.2, 0.25) is 10.0 Å². The number of aromatic nitrogens is 1. The summed E-state index contributed by atoms with van der Waals surface area (Å²) >= 11 is 12.0. The molecule has 126 valence electrons. The molecule has 1 aromatic carbocycles. The monoisotopic (exact) mass is 363 g/mol. The normalized spacial score (nSPS) is 17.6. The van der Waals surface area contributed by atoms with Gasteiger partial charge in [0.15, 0.2) is 0 Å². The average molecular weight is 364 g/mol. The van der Waals surface area contributed by atoms with Crippen molar-refractivity contribution >= 4 is 40.5 Å². The van der Waals surface area contributed by atoms with Gasteiger partial charge in [0.2, 0.25) is 0 Å². The smallest absolute Gasteiger partial charge is 0.255 e. The largest absolute Gasteiger partial charge is 0.354 e. The van der Waals surface area contributed by atoms with Crippen LogP contribution in [-0.2, 0) is 0 Å². The van der Waals surface area contributed by atoms with Crippen molar-refractivity contribution < 1.29 is 4.79 Å². The number of amides is 1. The number of rotatable bonds is 3. The molecule has 2 heterocycles. The van der Waals surface area contributed by atoms with E-state index >= 15 is 0 Å². The highest BCUT2D eigenvalue weighted by molar-refractivity contribution is 6.42. The predicted molar refractivity (Wildman–Crippen MR) is 98.3 cm³/mol. The fraction of sp³-hybridized carbons (Fsp3) is 0.333. The Labute approximate surface area is 151 Å². The molecule has 2 aromatic rings. The molecule has 1 N–H and O–H groups in total. The maximum atomic E-state index is 12.7. The molecule has 24 heavy (non-hydrogen) atoms. The summed E-state index contributed by atoms with van der Waals surface area (Å²) in [6, 6.07) is 7.11. The van der Waals surface area contributed by atoms with Crippen molar-refractivity contribution in [2.75, 3.05) is 18.4 Å². The number of hydrogen-bond acceptors (Lipinski definition) is 3. The number of likely N-dealkylation sites (tertiary alicyclic amines) is 1. The SMILES string of the molecule is CC1CCCN(C(=O)c2cncc(Nc3ccc(Cl)c(Cl)c3)c2)C1. The molecule has 0 spiro atoms. The molecule has 1 saturated heterocycles. The van der Waals surface area contributed by atoms with E-state index in [1.165, 1.54) is 6.42 Å². The van der Waals surface area contributed by atoms with E-state index in [0.29, 0.717) is 21.5 Å². The molecule has 1 atom stereocenters. The maximum absolute atomic E-state index is 12.7. The zero-order valence-electron chi connectivity index (χ0n) is 13.4. The third-order valence-electron chi connectivity index (χ3n) is 4.14. The van der Waals surface area contributed by atoms with Gasteiger partial charge in [0, 0.05) is 25.0 Å². The van der Waals surface area contributed by atoms with Crippen LogP contribution in [0.15, 0.2) is 36.7 Å². The first-order chi connectivity index (χ1) is 11.5. The number of benzene rings is 1. The second-order valence-corrected chi connectivity index (χ2v) is 7.03. The second kappa shape index (κ2) is 7.41. The number of carbonyl (C=O) groups is 1. The lowest BCUT2D eigenvalue weighted by Crippen LogP contribution is -2.39. The molecule has 1 aliphatic rings. The molecule has 1 amide bonds. The molecular weight excluding hydrogens is 345 g/mol. The fourth-order valence-electron chi connectivity index (χ4n) is 2.92. The molecule has 0 saturated carbocycles. The minimum Gasteiger partial charge on any atom is -0.354 e. The summed E-state index contributed by atoms with van der Waals surface area (Å²) in [7, 11) is 0. The maximum Gasteiger partial charge on any atom is 0.255 e. The van der Waals surface area contributed by atoms with Gasteiger partial charge in [0.05, 0.1) is 27.5 Å². The first kappa shape index (κ1) is 17.1. The minimum absolute atomic E-state index is 0.0341. The Bertz CT molecular complexity index is 751. The van der Waals surface area contributed by atoms with Crippen molar-refractivity contribution in [3.8, 4) is 0 Å². The quantitative estimate of drug-likeness (QED) is 0.833. The molecule has 1 unspecified atom stereocenters. The van der Waals surface area contributed by atoms with Gasteiger partial charge >= 0.3 is 0 Å².